The Morgan fingerprint density at radius 1 is 1.62 bits per heavy atom. The van der Waals surface area contributed by atoms with E-state index >= 15 is 0 Å². The van der Waals surface area contributed by atoms with Crippen molar-refractivity contribution >= 4 is 11.3 Å². The third-order valence-corrected chi connectivity index (χ3v) is 3.67. The van der Waals surface area contributed by atoms with Crippen molar-refractivity contribution in [2.75, 3.05) is 13.1 Å². The molecule has 1 aliphatic rings. The zero-order valence-corrected chi connectivity index (χ0v) is 8.90. The molecule has 1 atom stereocenters. The molecule has 0 aromatic carbocycles. The number of aromatic nitrogens is 1. The second-order valence-corrected chi connectivity index (χ2v) is 4.92. The maximum atomic E-state index is 5.81. The number of nitrogens with zero attached hydrogens (tertiary/aromatic N) is 2. The van der Waals surface area contributed by atoms with Gasteiger partial charge in [-0.05, 0) is 6.92 Å². The van der Waals surface area contributed by atoms with Crippen molar-refractivity contribution < 1.29 is 0 Å². The van der Waals surface area contributed by atoms with Crippen molar-refractivity contribution in [3.8, 4) is 0 Å². The average molecular weight is 197 g/mol. The number of rotatable bonds is 0. The lowest BCUT2D eigenvalue weighted by atomic mass is 10.1. The van der Waals surface area contributed by atoms with E-state index < -0.39 is 0 Å². The summed E-state index contributed by atoms with van der Waals surface area (Å²) in [6.07, 6.45) is 1.00. The molecule has 0 fully saturated rings. The molecule has 3 nitrogen and oxygen atoms in total. The lowest BCUT2D eigenvalue weighted by molar-refractivity contribution is 0.282. The molecule has 13 heavy (non-hydrogen) atoms. The maximum absolute atomic E-state index is 5.81. The summed E-state index contributed by atoms with van der Waals surface area (Å²) in [5.74, 6) is 6.35. The highest BCUT2D eigenvalue weighted by atomic mass is 32.1. The van der Waals surface area contributed by atoms with Gasteiger partial charge < -0.3 is 0 Å². The Hall–Kier alpha value is -0.450. The van der Waals surface area contributed by atoms with Crippen molar-refractivity contribution in [3.63, 3.8) is 0 Å². The van der Waals surface area contributed by atoms with Gasteiger partial charge in [-0.3, -0.25) is 5.84 Å². The van der Waals surface area contributed by atoms with Crippen LogP contribution in [-0.2, 0) is 6.42 Å². The molecule has 0 aliphatic carbocycles. The fraction of sp³-hybridized carbons (Fsp3) is 0.667. The van der Waals surface area contributed by atoms with Crippen LogP contribution in [0.5, 0.6) is 0 Å². The Morgan fingerprint density at radius 3 is 3.15 bits per heavy atom. The predicted octanol–water partition coefficient (Wildman–Crippen LogP) is 1.29. The van der Waals surface area contributed by atoms with Crippen LogP contribution in [0.4, 0.5) is 0 Å². The standard InChI is InChI=1S/C9H15N3S/c1-6-5-12(10)4-3-8-9(6)13-7(2)11-8/h6H,3-5,10H2,1-2H3. The van der Waals surface area contributed by atoms with E-state index in [2.05, 4.69) is 18.8 Å². The SMILES string of the molecule is Cc1nc2c(s1)C(C)CN(N)CC2. The predicted molar refractivity (Wildman–Crippen MR) is 54.7 cm³/mol. The molecular formula is C9H15N3S. The third kappa shape index (κ3) is 1.75. The first-order valence-corrected chi connectivity index (χ1v) is 5.44. The third-order valence-electron chi connectivity index (χ3n) is 2.43. The van der Waals surface area contributed by atoms with E-state index in [0.717, 1.165) is 19.5 Å². The Morgan fingerprint density at radius 2 is 2.38 bits per heavy atom. The molecule has 1 unspecified atom stereocenters. The number of hydrazine groups is 1. The molecule has 2 heterocycles. The van der Waals surface area contributed by atoms with E-state index in [1.807, 2.05) is 16.3 Å². The summed E-state index contributed by atoms with van der Waals surface area (Å²) in [6.45, 7) is 6.18. The highest BCUT2D eigenvalue weighted by molar-refractivity contribution is 7.11. The smallest absolute Gasteiger partial charge is 0.0900 e. The molecule has 4 heteroatoms. The number of nitrogens with two attached hydrogens (primary N) is 1. The largest absolute Gasteiger partial charge is 0.269 e. The van der Waals surface area contributed by atoms with Gasteiger partial charge in [0.15, 0.2) is 0 Å². The summed E-state index contributed by atoms with van der Waals surface area (Å²) < 4.78 is 0. The zero-order valence-electron chi connectivity index (χ0n) is 8.08. The topological polar surface area (TPSA) is 42.2 Å². The van der Waals surface area contributed by atoms with Gasteiger partial charge in [0.05, 0.1) is 10.7 Å². The number of hydrogen-bond acceptors (Lipinski definition) is 4. The minimum atomic E-state index is 0.536. The monoisotopic (exact) mass is 197 g/mol. The fourth-order valence-electron chi connectivity index (χ4n) is 1.83. The Labute approximate surface area is 82.5 Å². The molecule has 1 aromatic rings. The number of hydrogen-bond donors (Lipinski definition) is 1. The Kier molecular flexibility index (Phi) is 2.36. The zero-order chi connectivity index (χ0) is 9.42. The van der Waals surface area contributed by atoms with Gasteiger partial charge in [-0.1, -0.05) is 6.92 Å². The van der Waals surface area contributed by atoms with E-state index in [1.165, 1.54) is 15.6 Å². The van der Waals surface area contributed by atoms with Crippen LogP contribution in [0, 0.1) is 6.92 Å². The molecular weight excluding hydrogens is 182 g/mol. The van der Waals surface area contributed by atoms with E-state index in [1.54, 1.807) is 0 Å². The van der Waals surface area contributed by atoms with Gasteiger partial charge >= 0.3 is 0 Å². The first kappa shape index (κ1) is 9.12. The van der Waals surface area contributed by atoms with Crippen molar-refractivity contribution in [1.29, 1.82) is 0 Å². The maximum Gasteiger partial charge on any atom is 0.0900 e. The second-order valence-electron chi connectivity index (χ2n) is 3.69. The van der Waals surface area contributed by atoms with Crippen LogP contribution < -0.4 is 5.84 Å². The number of fused-ring (bicyclic) bond motifs is 1. The first-order valence-electron chi connectivity index (χ1n) is 4.62. The molecule has 0 spiro atoms. The minimum Gasteiger partial charge on any atom is -0.269 e. The van der Waals surface area contributed by atoms with Crippen molar-refractivity contribution in [3.05, 3.63) is 15.6 Å². The van der Waals surface area contributed by atoms with E-state index in [0.29, 0.717) is 5.92 Å². The highest BCUT2D eigenvalue weighted by Crippen LogP contribution is 2.29. The molecule has 0 radical (unpaired) electrons. The second kappa shape index (κ2) is 3.36. The van der Waals surface area contributed by atoms with Crippen molar-refractivity contribution in [1.82, 2.24) is 9.99 Å². The number of aryl methyl sites for hydroxylation is 1. The molecule has 1 aliphatic heterocycles. The highest BCUT2D eigenvalue weighted by Gasteiger charge is 2.21. The summed E-state index contributed by atoms with van der Waals surface area (Å²) in [6, 6.07) is 0. The van der Waals surface area contributed by atoms with E-state index in [4.69, 9.17) is 5.84 Å². The van der Waals surface area contributed by atoms with Crippen LogP contribution in [0.3, 0.4) is 0 Å². The van der Waals surface area contributed by atoms with Crippen LogP contribution in [-0.4, -0.2) is 23.1 Å². The molecule has 0 saturated heterocycles. The summed E-state index contributed by atoms with van der Waals surface area (Å²) >= 11 is 1.82. The van der Waals surface area contributed by atoms with Gasteiger partial charge in [-0.15, -0.1) is 11.3 Å². The van der Waals surface area contributed by atoms with Gasteiger partial charge in [0.2, 0.25) is 0 Å². The number of thiazole rings is 1. The molecule has 72 valence electrons. The normalized spacial score (nSPS) is 24.1. The molecule has 0 bridgehead atoms. The van der Waals surface area contributed by atoms with Crippen molar-refractivity contribution in [2.45, 2.75) is 26.2 Å². The van der Waals surface area contributed by atoms with Crippen LogP contribution in [0.2, 0.25) is 0 Å². The average Bonchev–Trinajstić information content (AvgIpc) is 2.38. The van der Waals surface area contributed by atoms with Crippen LogP contribution in [0.1, 0.15) is 28.4 Å². The van der Waals surface area contributed by atoms with Gasteiger partial charge in [-0.2, -0.15) is 0 Å². The van der Waals surface area contributed by atoms with Crippen LogP contribution in [0.15, 0.2) is 0 Å². The lowest BCUT2D eigenvalue weighted by Crippen LogP contribution is -2.34. The van der Waals surface area contributed by atoms with Gasteiger partial charge in [0.1, 0.15) is 0 Å². The van der Waals surface area contributed by atoms with E-state index in [-0.39, 0.29) is 0 Å². The summed E-state index contributed by atoms with van der Waals surface area (Å²) in [7, 11) is 0. The Balaban J connectivity index is 2.33. The molecule has 0 saturated carbocycles. The fourth-order valence-corrected chi connectivity index (χ4v) is 2.84. The molecule has 2 N–H and O–H groups in total. The van der Waals surface area contributed by atoms with Gasteiger partial charge in [0, 0.05) is 30.3 Å². The molecule has 0 amide bonds. The van der Waals surface area contributed by atoms with Crippen molar-refractivity contribution in [2.24, 2.45) is 5.84 Å². The molecule has 1 aromatic heterocycles. The van der Waals surface area contributed by atoms with Gasteiger partial charge in [-0.25, -0.2) is 9.99 Å². The lowest BCUT2D eigenvalue weighted by Gasteiger charge is -2.15. The van der Waals surface area contributed by atoms with Crippen LogP contribution >= 0.6 is 11.3 Å². The first-order chi connectivity index (χ1) is 6.16. The quantitative estimate of drug-likeness (QED) is 0.637. The summed E-state index contributed by atoms with van der Waals surface area (Å²) in [4.78, 5) is 5.97. The van der Waals surface area contributed by atoms with E-state index in [9.17, 15) is 0 Å². The molecule has 2 rings (SSSR count). The summed E-state index contributed by atoms with van der Waals surface area (Å²) in [5.41, 5.74) is 1.27. The van der Waals surface area contributed by atoms with Crippen LogP contribution in [0.25, 0.3) is 0 Å². The Bertz CT molecular complexity index is 308. The van der Waals surface area contributed by atoms with Gasteiger partial charge in [0.25, 0.3) is 0 Å². The minimum absolute atomic E-state index is 0.536. The summed E-state index contributed by atoms with van der Waals surface area (Å²) in [5, 5.41) is 3.08.